The van der Waals surface area contributed by atoms with E-state index in [-0.39, 0.29) is 22.1 Å². The van der Waals surface area contributed by atoms with Gasteiger partial charge in [-0.25, -0.2) is 8.42 Å². The number of para-hydroxylation sites is 2. The standard InChI is InChI=1S/C26H29N3O6S/c1-34-18-8-17-27-26(31)23-11-6-7-12-24(23)28-25(30)19-29(20-9-4-3-5-10-20)36(32,33)22-15-13-21(35-2)14-16-22/h3-7,9-16H,8,17-19H2,1-2H3,(H,27,31)(H,28,30). The lowest BCUT2D eigenvalue weighted by atomic mass is 10.1. The summed E-state index contributed by atoms with van der Waals surface area (Å²) in [6, 6.07) is 20.8. The molecule has 0 bridgehead atoms. The van der Waals surface area contributed by atoms with Crippen molar-refractivity contribution < 1.29 is 27.5 Å². The van der Waals surface area contributed by atoms with Crippen LogP contribution in [0.1, 0.15) is 16.8 Å². The summed E-state index contributed by atoms with van der Waals surface area (Å²) in [7, 11) is -1.01. The van der Waals surface area contributed by atoms with Crippen LogP contribution in [0.15, 0.2) is 83.8 Å². The molecule has 3 aromatic carbocycles. The van der Waals surface area contributed by atoms with E-state index in [2.05, 4.69) is 10.6 Å². The van der Waals surface area contributed by atoms with Crippen molar-refractivity contribution >= 4 is 33.2 Å². The fourth-order valence-corrected chi connectivity index (χ4v) is 4.83. The Balaban J connectivity index is 1.82. The molecule has 0 aromatic heterocycles. The van der Waals surface area contributed by atoms with Crippen molar-refractivity contribution in [3.63, 3.8) is 0 Å². The van der Waals surface area contributed by atoms with Gasteiger partial charge >= 0.3 is 0 Å². The Morgan fingerprint density at radius 2 is 1.56 bits per heavy atom. The highest BCUT2D eigenvalue weighted by molar-refractivity contribution is 7.92. The molecule has 0 unspecified atom stereocenters. The molecule has 0 fully saturated rings. The summed E-state index contributed by atoms with van der Waals surface area (Å²) in [5.74, 6) is -0.446. The molecular formula is C26H29N3O6S. The molecule has 36 heavy (non-hydrogen) atoms. The lowest BCUT2D eigenvalue weighted by molar-refractivity contribution is -0.114. The monoisotopic (exact) mass is 511 g/mol. The van der Waals surface area contributed by atoms with E-state index in [1.54, 1.807) is 61.7 Å². The van der Waals surface area contributed by atoms with Crippen LogP contribution in [0.3, 0.4) is 0 Å². The first-order valence-corrected chi connectivity index (χ1v) is 12.7. The molecule has 190 valence electrons. The normalized spacial score (nSPS) is 10.9. The third-order valence-electron chi connectivity index (χ3n) is 5.24. The SMILES string of the molecule is COCCCNC(=O)c1ccccc1NC(=O)CN(c1ccccc1)S(=O)(=O)c1ccc(OC)cc1. The van der Waals surface area contributed by atoms with Gasteiger partial charge in [0.05, 0.1) is 28.9 Å². The van der Waals surface area contributed by atoms with Crippen molar-refractivity contribution in [1.82, 2.24) is 5.32 Å². The molecule has 3 aromatic rings. The Morgan fingerprint density at radius 3 is 2.22 bits per heavy atom. The summed E-state index contributed by atoms with van der Waals surface area (Å²) in [5.41, 5.74) is 0.877. The van der Waals surface area contributed by atoms with Crippen molar-refractivity contribution in [2.75, 3.05) is 43.5 Å². The molecule has 3 rings (SSSR count). The number of rotatable bonds is 12. The summed E-state index contributed by atoms with van der Waals surface area (Å²) in [6.45, 7) is 0.426. The molecule has 0 aliphatic heterocycles. The fourth-order valence-electron chi connectivity index (χ4n) is 3.41. The van der Waals surface area contributed by atoms with Gasteiger partial charge in [-0.05, 0) is 55.0 Å². The zero-order valence-electron chi connectivity index (χ0n) is 20.1. The van der Waals surface area contributed by atoms with Crippen LogP contribution in [0.4, 0.5) is 11.4 Å². The lowest BCUT2D eigenvalue weighted by Crippen LogP contribution is -2.38. The summed E-state index contributed by atoms with van der Waals surface area (Å²) in [5, 5.41) is 5.47. The molecule has 0 aliphatic carbocycles. The second-order valence-electron chi connectivity index (χ2n) is 7.72. The van der Waals surface area contributed by atoms with E-state index in [0.29, 0.717) is 31.0 Å². The van der Waals surface area contributed by atoms with Gasteiger partial charge in [0, 0.05) is 20.3 Å². The van der Waals surface area contributed by atoms with Gasteiger partial charge in [0.2, 0.25) is 5.91 Å². The van der Waals surface area contributed by atoms with Gasteiger partial charge in [-0.15, -0.1) is 0 Å². The van der Waals surface area contributed by atoms with E-state index in [9.17, 15) is 18.0 Å². The molecule has 0 aliphatic rings. The summed E-state index contributed by atoms with van der Waals surface area (Å²) < 4.78 is 38.1. The number of ether oxygens (including phenoxy) is 2. The minimum Gasteiger partial charge on any atom is -0.497 e. The van der Waals surface area contributed by atoms with Gasteiger partial charge < -0.3 is 20.1 Å². The van der Waals surface area contributed by atoms with Crippen molar-refractivity contribution in [3.8, 4) is 5.75 Å². The maximum atomic E-state index is 13.5. The van der Waals surface area contributed by atoms with Crippen LogP contribution < -0.4 is 19.7 Å². The number of carbonyl (C=O) groups is 2. The molecule has 0 heterocycles. The van der Waals surface area contributed by atoms with Crippen molar-refractivity contribution in [2.24, 2.45) is 0 Å². The Hall–Kier alpha value is -3.89. The fraction of sp³-hybridized carbons (Fsp3) is 0.231. The van der Waals surface area contributed by atoms with E-state index in [0.717, 1.165) is 4.31 Å². The maximum Gasteiger partial charge on any atom is 0.264 e. The molecule has 9 nitrogen and oxygen atoms in total. The highest BCUT2D eigenvalue weighted by Crippen LogP contribution is 2.25. The van der Waals surface area contributed by atoms with E-state index < -0.39 is 22.5 Å². The van der Waals surface area contributed by atoms with Crippen molar-refractivity contribution in [3.05, 3.63) is 84.4 Å². The Labute approximate surface area is 211 Å². The van der Waals surface area contributed by atoms with Crippen LogP contribution >= 0.6 is 0 Å². The van der Waals surface area contributed by atoms with Gasteiger partial charge in [0.15, 0.2) is 0 Å². The topological polar surface area (TPSA) is 114 Å². The first-order valence-electron chi connectivity index (χ1n) is 11.2. The molecule has 0 atom stereocenters. The van der Waals surface area contributed by atoms with Crippen molar-refractivity contribution in [2.45, 2.75) is 11.3 Å². The Kier molecular flexibility index (Phi) is 9.43. The number of hydrogen-bond donors (Lipinski definition) is 2. The third-order valence-corrected chi connectivity index (χ3v) is 7.02. The molecule has 0 saturated heterocycles. The average Bonchev–Trinajstić information content (AvgIpc) is 2.90. The largest absolute Gasteiger partial charge is 0.497 e. The van der Waals surface area contributed by atoms with Crippen molar-refractivity contribution in [1.29, 1.82) is 0 Å². The zero-order valence-corrected chi connectivity index (χ0v) is 21.0. The Morgan fingerprint density at radius 1 is 0.889 bits per heavy atom. The third kappa shape index (κ3) is 6.83. The van der Waals surface area contributed by atoms with Crippen LogP contribution in [0.2, 0.25) is 0 Å². The maximum absolute atomic E-state index is 13.5. The minimum atomic E-state index is -4.08. The number of hydrogen-bond acceptors (Lipinski definition) is 6. The van der Waals surface area contributed by atoms with Gasteiger partial charge in [-0.1, -0.05) is 30.3 Å². The second kappa shape index (κ2) is 12.7. The molecule has 0 saturated carbocycles. The number of anilines is 2. The molecule has 2 amide bonds. The van der Waals surface area contributed by atoms with E-state index in [4.69, 9.17) is 9.47 Å². The number of sulfonamides is 1. The first kappa shape index (κ1) is 26.7. The van der Waals surface area contributed by atoms with Crippen LogP contribution in [0, 0.1) is 0 Å². The van der Waals surface area contributed by atoms with E-state index in [1.165, 1.54) is 31.4 Å². The number of methoxy groups -OCH3 is 2. The van der Waals surface area contributed by atoms with Gasteiger partial charge in [-0.2, -0.15) is 0 Å². The second-order valence-corrected chi connectivity index (χ2v) is 9.58. The Bertz CT molecular complexity index is 1260. The summed E-state index contributed by atoms with van der Waals surface area (Å²) >= 11 is 0. The summed E-state index contributed by atoms with van der Waals surface area (Å²) in [4.78, 5) is 25.7. The van der Waals surface area contributed by atoms with Crippen LogP contribution in [-0.2, 0) is 19.6 Å². The predicted molar refractivity (Wildman–Crippen MR) is 138 cm³/mol. The molecule has 2 N–H and O–H groups in total. The first-order chi connectivity index (χ1) is 17.4. The number of nitrogens with one attached hydrogen (secondary N) is 2. The highest BCUT2D eigenvalue weighted by atomic mass is 32.2. The smallest absolute Gasteiger partial charge is 0.264 e. The number of amides is 2. The molecule has 0 spiro atoms. The van der Waals surface area contributed by atoms with Gasteiger partial charge in [0.1, 0.15) is 12.3 Å². The number of nitrogens with zero attached hydrogens (tertiary/aromatic N) is 1. The van der Waals surface area contributed by atoms with Crippen LogP contribution in [-0.4, -0.2) is 54.1 Å². The number of carbonyl (C=O) groups excluding carboxylic acids is 2. The zero-order chi connectivity index (χ0) is 26.0. The van der Waals surface area contributed by atoms with E-state index in [1.807, 2.05) is 0 Å². The van der Waals surface area contributed by atoms with Gasteiger partial charge in [-0.3, -0.25) is 13.9 Å². The van der Waals surface area contributed by atoms with Crippen LogP contribution in [0.5, 0.6) is 5.75 Å². The quantitative estimate of drug-likeness (QED) is 0.361. The summed E-state index contributed by atoms with van der Waals surface area (Å²) in [6.07, 6.45) is 0.645. The predicted octanol–water partition coefficient (Wildman–Crippen LogP) is 3.30. The minimum absolute atomic E-state index is 0.00999. The highest BCUT2D eigenvalue weighted by Gasteiger charge is 2.27. The molecule has 0 radical (unpaired) electrons. The average molecular weight is 512 g/mol. The molecule has 10 heteroatoms. The lowest BCUT2D eigenvalue weighted by Gasteiger charge is -2.24. The number of benzene rings is 3. The molecular weight excluding hydrogens is 482 g/mol. The van der Waals surface area contributed by atoms with E-state index >= 15 is 0 Å². The van der Waals surface area contributed by atoms with Crippen LogP contribution in [0.25, 0.3) is 0 Å². The van der Waals surface area contributed by atoms with Gasteiger partial charge in [0.25, 0.3) is 15.9 Å².